The highest BCUT2D eigenvalue weighted by Crippen LogP contribution is 2.23. The lowest BCUT2D eigenvalue weighted by atomic mass is 10.1. The molecule has 2 aromatic heterocycles. The van der Waals surface area contributed by atoms with Crippen molar-refractivity contribution >= 4 is 10.9 Å². The monoisotopic (exact) mass is 254 g/mol. The molecule has 96 valence electrons. The molecule has 5 nitrogen and oxygen atoms in total. The Kier molecular flexibility index (Phi) is 2.76. The predicted octanol–water partition coefficient (Wildman–Crippen LogP) is 2.61. The van der Waals surface area contributed by atoms with E-state index in [9.17, 15) is 0 Å². The van der Waals surface area contributed by atoms with Crippen LogP contribution in [-0.4, -0.2) is 15.1 Å². The van der Waals surface area contributed by atoms with E-state index < -0.39 is 0 Å². The van der Waals surface area contributed by atoms with E-state index in [2.05, 4.69) is 15.1 Å². The van der Waals surface area contributed by atoms with Crippen molar-refractivity contribution < 1.29 is 4.52 Å². The fourth-order valence-electron chi connectivity index (χ4n) is 1.99. The maximum Gasteiger partial charge on any atom is 0.243 e. The van der Waals surface area contributed by atoms with E-state index in [1.165, 1.54) is 0 Å². The van der Waals surface area contributed by atoms with Crippen molar-refractivity contribution in [2.75, 3.05) is 0 Å². The van der Waals surface area contributed by atoms with Crippen LogP contribution in [0.4, 0.5) is 0 Å². The first-order valence-corrected chi connectivity index (χ1v) is 6.11. The van der Waals surface area contributed by atoms with Crippen LogP contribution in [0.15, 0.2) is 34.9 Å². The molecule has 1 atom stereocenters. The highest BCUT2D eigenvalue weighted by atomic mass is 16.5. The summed E-state index contributed by atoms with van der Waals surface area (Å²) < 4.78 is 5.11. The van der Waals surface area contributed by atoms with Crippen LogP contribution in [0, 0.1) is 6.92 Å². The minimum Gasteiger partial charge on any atom is -0.337 e. The van der Waals surface area contributed by atoms with E-state index in [-0.39, 0.29) is 6.04 Å². The van der Waals surface area contributed by atoms with Crippen molar-refractivity contribution in [2.24, 2.45) is 5.73 Å². The molecule has 3 aromatic rings. The molecule has 5 heteroatoms. The zero-order valence-electron chi connectivity index (χ0n) is 10.8. The largest absolute Gasteiger partial charge is 0.337 e. The van der Waals surface area contributed by atoms with Gasteiger partial charge in [0.15, 0.2) is 0 Å². The van der Waals surface area contributed by atoms with Gasteiger partial charge in [0.05, 0.1) is 11.6 Å². The summed E-state index contributed by atoms with van der Waals surface area (Å²) in [5.41, 5.74) is 8.46. The molecule has 0 spiro atoms. The van der Waals surface area contributed by atoms with Crippen molar-refractivity contribution in [2.45, 2.75) is 19.9 Å². The zero-order chi connectivity index (χ0) is 13.4. The van der Waals surface area contributed by atoms with Crippen LogP contribution in [0.1, 0.15) is 24.4 Å². The Balaban J connectivity index is 2.14. The number of benzene rings is 1. The summed E-state index contributed by atoms with van der Waals surface area (Å²) in [5.74, 6) is 0.892. The summed E-state index contributed by atoms with van der Waals surface area (Å²) in [7, 11) is 0. The fourth-order valence-corrected chi connectivity index (χ4v) is 1.99. The van der Waals surface area contributed by atoms with Crippen molar-refractivity contribution in [1.29, 1.82) is 0 Å². The molecule has 2 heterocycles. The Hall–Kier alpha value is -2.27. The molecule has 19 heavy (non-hydrogen) atoms. The molecule has 0 unspecified atom stereocenters. The Morgan fingerprint density at radius 3 is 2.74 bits per heavy atom. The fraction of sp³-hybridized carbons (Fsp3) is 0.214. The van der Waals surface area contributed by atoms with Gasteiger partial charge >= 0.3 is 0 Å². The Morgan fingerprint density at radius 2 is 2.00 bits per heavy atom. The molecule has 0 saturated carbocycles. The zero-order valence-corrected chi connectivity index (χ0v) is 10.8. The highest BCUT2D eigenvalue weighted by molar-refractivity contribution is 5.84. The lowest BCUT2D eigenvalue weighted by molar-refractivity contribution is 0.362. The molecule has 0 radical (unpaired) electrons. The smallest absolute Gasteiger partial charge is 0.243 e. The normalized spacial score (nSPS) is 12.8. The summed E-state index contributed by atoms with van der Waals surface area (Å²) in [6.07, 6.45) is 0. The second-order valence-corrected chi connectivity index (χ2v) is 4.59. The Labute approximate surface area is 110 Å². The van der Waals surface area contributed by atoms with Crippen LogP contribution < -0.4 is 5.73 Å². The van der Waals surface area contributed by atoms with Gasteiger partial charge < -0.3 is 10.3 Å². The quantitative estimate of drug-likeness (QED) is 0.760. The first-order valence-electron chi connectivity index (χ1n) is 6.11. The SMILES string of the molecule is Cc1cc(-c2noc([C@@H](C)N)n2)nc2ccccc12. The minimum atomic E-state index is -0.275. The van der Waals surface area contributed by atoms with E-state index in [1.807, 2.05) is 37.3 Å². The number of aromatic nitrogens is 3. The van der Waals surface area contributed by atoms with Crippen molar-refractivity contribution in [1.82, 2.24) is 15.1 Å². The molecule has 1 aromatic carbocycles. The van der Waals surface area contributed by atoms with Gasteiger partial charge in [-0.15, -0.1) is 0 Å². The third-order valence-electron chi connectivity index (χ3n) is 2.98. The average molecular weight is 254 g/mol. The number of hydrogen-bond acceptors (Lipinski definition) is 5. The van der Waals surface area contributed by atoms with E-state index in [0.717, 1.165) is 16.5 Å². The van der Waals surface area contributed by atoms with Gasteiger partial charge in [0, 0.05) is 5.39 Å². The predicted molar refractivity (Wildman–Crippen MR) is 72.4 cm³/mol. The van der Waals surface area contributed by atoms with Gasteiger partial charge in [0.2, 0.25) is 11.7 Å². The molecule has 0 amide bonds. The number of nitrogens with zero attached hydrogens (tertiary/aromatic N) is 3. The number of pyridine rings is 1. The molecule has 0 aliphatic carbocycles. The molecular formula is C14H14N4O. The van der Waals surface area contributed by atoms with Gasteiger partial charge in [0.1, 0.15) is 5.69 Å². The number of aryl methyl sites for hydroxylation is 1. The van der Waals surface area contributed by atoms with Crippen molar-refractivity contribution in [3.8, 4) is 11.5 Å². The summed E-state index contributed by atoms with van der Waals surface area (Å²) in [6.45, 7) is 3.84. The van der Waals surface area contributed by atoms with Crippen LogP contribution in [0.25, 0.3) is 22.4 Å². The van der Waals surface area contributed by atoms with Crippen LogP contribution in [0.3, 0.4) is 0 Å². The molecule has 2 N–H and O–H groups in total. The Morgan fingerprint density at radius 1 is 1.21 bits per heavy atom. The van der Waals surface area contributed by atoms with E-state index in [0.29, 0.717) is 17.4 Å². The standard InChI is InChI=1S/C14H14N4O/c1-8-7-12(13-17-14(9(2)15)19-18-13)16-11-6-4-3-5-10(8)11/h3-7,9H,15H2,1-2H3/t9-/m1/s1. The van der Waals surface area contributed by atoms with Gasteiger partial charge in [-0.3, -0.25) is 0 Å². The number of fused-ring (bicyclic) bond motifs is 1. The van der Waals surface area contributed by atoms with Crippen LogP contribution in [0.2, 0.25) is 0 Å². The van der Waals surface area contributed by atoms with Crippen LogP contribution >= 0.6 is 0 Å². The van der Waals surface area contributed by atoms with Crippen LogP contribution in [0.5, 0.6) is 0 Å². The molecule has 0 bridgehead atoms. The highest BCUT2D eigenvalue weighted by Gasteiger charge is 2.13. The van der Waals surface area contributed by atoms with Gasteiger partial charge in [-0.25, -0.2) is 4.98 Å². The number of hydrogen-bond donors (Lipinski definition) is 1. The third-order valence-corrected chi connectivity index (χ3v) is 2.98. The topological polar surface area (TPSA) is 77.8 Å². The minimum absolute atomic E-state index is 0.275. The molecule has 0 aliphatic heterocycles. The summed E-state index contributed by atoms with van der Waals surface area (Å²) >= 11 is 0. The number of rotatable bonds is 2. The van der Waals surface area contributed by atoms with Crippen molar-refractivity contribution in [3.63, 3.8) is 0 Å². The number of para-hydroxylation sites is 1. The van der Waals surface area contributed by atoms with Gasteiger partial charge in [0.25, 0.3) is 0 Å². The van der Waals surface area contributed by atoms with E-state index in [4.69, 9.17) is 10.3 Å². The van der Waals surface area contributed by atoms with Gasteiger partial charge in [-0.1, -0.05) is 23.4 Å². The van der Waals surface area contributed by atoms with Gasteiger partial charge in [-0.2, -0.15) is 4.98 Å². The van der Waals surface area contributed by atoms with E-state index in [1.54, 1.807) is 6.92 Å². The molecule has 0 fully saturated rings. The lowest BCUT2D eigenvalue weighted by Gasteiger charge is -2.03. The van der Waals surface area contributed by atoms with Crippen molar-refractivity contribution in [3.05, 3.63) is 41.8 Å². The maximum absolute atomic E-state index is 5.71. The second kappa shape index (κ2) is 4.44. The third kappa shape index (κ3) is 2.08. The first kappa shape index (κ1) is 11.8. The second-order valence-electron chi connectivity index (χ2n) is 4.59. The van der Waals surface area contributed by atoms with Gasteiger partial charge in [-0.05, 0) is 31.5 Å². The molecular weight excluding hydrogens is 240 g/mol. The Bertz CT molecular complexity index is 733. The lowest BCUT2D eigenvalue weighted by Crippen LogP contribution is -2.04. The average Bonchev–Trinajstić information content (AvgIpc) is 2.88. The maximum atomic E-state index is 5.71. The van der Waals surface area contributed by atoms with E-state index >= 15 is 0 Å². The molecule has 3 rings (SSSR count). The summed E-state index contributed by atoms with van der Waals surface area (Å²) in [5, 5.41) is 5.05. The van der Waals surface area contributed by atoms with Crippen LogP contribution in [-0.2, 0) is 0 Å². The molecule has 0 saturated heterocycles. The summed E-state index contributed by atoms with van der Waals surface area (Å²) in [6, 6.07) is 9.66. The molecule has 0 aliphatic rings. The first-order chi connectivity index (χ1) is 9.15. The number of nitrogens with two attached hydrogens (primary N) is 1. The summed E-state index contributed by atoms with van der Waals surface area (Å²) in [4.78, 5) is 8.82.